The Kier molecular flexibility index (Phi) is 6.00. The van der Waals surface area contributed by atoms with Crippen LogP contribution in [0.3, 0.4) is 0 Å². The molecule has 1 aliphatic heterocycles. The number of nitrogens with one attached hydrogen (secondary N) is 1. The zero-order chi connectivity index (χ0) is 11.1. The monoisotopic (exact) mass is 251 g/mol. The van der Waals surface area contributed by atoms with Crippen LogP contribution in [0.2, 0.25) is 0 Å². The fraction of sp³-hybridized carbons (Fsp3) is 1.00. The van der Waals surface area contributed by atoms with Gasteiger partial charge in [0, 0.05) is 18.1 Å². The van der Waals surface area contributed by atoms with Crippen molar-refractivity contribution in [3.63, 3.8) is 0 Å². The Labute approximate surface area is 97.3 Å². The summed E-state index contributed by atoms with van der Waals surface area (Å²) in [6.07, 6.45) is 6.40. The molecule has 5 heteroatoms. The molecule has 0 saturated carbocycles. The van der Waals surface area contributed by atoms with E-state index in [0.29, 0.717) is 11.8 Å². The lowest BCUT2D eigenvalue weighted by atomic mass is 10.0. The van der Waals surface area contributed by atoms with E-state index in [1.54, 1.807) is 11.8 Å². The number of hydrogen-bond donors (Lipinski definition) is 1. The highest BCUT2D eigenvalue weighted by molar-refractivity contribution is 8.00. The van der Waals surface area contributed by atoms with E-state index in [9.17, 15) is 8.42 Å². The second-order valence-electron chi connectivity index (χ2n) is 4.18. The molecular weight excluding hydrogens is 230 g/mol. The molecule has 90 valence electrons. The van der Waals surface area contributed by atoms with Gasteiger partial charge in [-0.25, -0.2) is 8.42 Å². The Morgan fingerprint density at radius 3 is 2.73 bits per heavy atom. The second-order valence-corrected chi connectivity index (χ2v) is 7.66. The van der Waals surface area contributed by atoms with Crippen molar-refractivity contribution in [1.29, 1.82) is 0 Å². The molecule has 0 amide bonds. The summed E-state index contributed by atoms with van der Waals surface area (Å²) in [7, 11) is -2.77. The third kappa shape index (κ3) is 7.19. The van der Waals surface area contributed by atoms with E-state index >= 15 is 0 Å². The van der Waals surface area contributed by atoms with Crippen LogP contribution < -0.4 is 5.32 Å². The molecule has 0 radical (unpaired) electrons. The maximum atomic E-state index is 10.9. The first-order valence-corrected chi connectivity index (χ1v) is 8.78. The van der Waals surface area contributed by atoms with Crippen molar-refractivity contribution < 1.29 is 8.42 Å². The maximum absolute atomic E-state index is 10.9. The molecule has 1 fully saturated rings. The minimum atomic E-state index is -2.77. The van der Waals surface area contributed by atoms with Crippen LogP contribution in [-0.2, 0) is 9.84 Å². The Bertz CT molecular complexity index is 259. The normalized spacial score (nSPS) is 22.9. The molecule has 1 aliphatic rings. The Hall–Kier alpha value is 0.260. The van der Waals surface area contributed by atoms with Crippen LogP contribution in [0.1, 0.15) is 25.7 Å². The van der Waals surface area contributed by atoms with Crippen LogP contribution in [-0.4, -0.2) is 44.5 Å². The highest BCUT2D eigenvalue weighted by Crippen LogP contribution is 2.13. The third-order valence-electron chi connectivity index (χ3n) is 2.62. The number of sulfone groups is 1. The standard InChI is InChI=1S/C10H21NO2S2/c1-15(12,13)9-8-14-7-5-10-4-2-3-6-11-10/h10-11H,2-9H2,1H3. The van der Waals surface area contributed by atoms with Gasteiger partial charge in [0.15, 0.2) is 0 Å². The molecule has 1 heterocycles. The molecule has 1 rings (SSSR count). The van der Waals surface area contributed by atoms with E-state index in [2.05, 4.69) is 5.32 Å². The largest absolute Gasteiger partial charge is 0.314 e. The highest BCUT2D eigenvalue weighted by Gasteiger charge is 2.11. The van der Waals surface area contributed by atoms with Crippen molar-refractivity contribution in [3.05, 3.63) is 0 Å². The average molecular weight is 251 g/mol. The van der Waals surface area contributed by atoms with Gasteiger partial charge in [0.05, 0.1) is 5.75 Å². The summed E-state index contributed by atoms with van der Waals surface area (Å²) in [4.78, 5) is 0. The topological polar surface area (TPSA) is 46.2 Å². The number of hydrogen-bond acceptors (Lipinski definition) is 4. The summed E-state index contributed by atoms with van der Waals surface area (Å²) in [5.74, 6) is 2.13. The molecule has 0 bridgehead atoms. The average Bonchev–Trinajstić information content (AvgIpc) is 2.17. The van der Waals surface area contributed by atoms with Crippen molar-refractivity contribution in [3.8, 4) is 0 Å². The molecule has 1 unspecified atom stereocenters. The second kappa shape index (κ2) is 6.76. The van der Waals surface area contributed by atoms with Crippen LogP contribution in [0, 0.1) is 0 Å². The molecule has 1 N–H and O–H groups in total. The van der Waals surface area contributed by atoms with Crippen LogP contribution in [0.25, 0.3) is 0 Å². The van der Waals surface area contributed by atoms with Gasteiger partial charge in [0.2, 0.25) is 0 Å². The first-order chi connectivity index (χ1) is 7.08. The van der Waals surface area contributed by atoms with E-state index in [-0.39, 0.29) is 0 Å². The lowest BCUT2D eigenvalue weighted by molar-refractivity contribution is 0.395. The molecule has 15 heavy (non-hydrogen) atoms. The molecule has 1 atom stereocenters. The highest BCUT2D eigenvalue weighted by atomic mass is 32.2. The lowest BCUT2D eigenvalue weighted by Crippen LogP contribution is -2.34. The third-order valence-corrected chi connectivity index (χ3v) is 4.84. The fourth-order valence-corrected chi connectivity index (χ4v) is 4.05. The van der Waals surface area contributed by atoms with Crippen LogP contribution >= 0.6 is 11.8 Å². The number of rotatable bonds is 6. The van der Waals surface area contributed by atoms with Crippen molar-refractivity contribution >= 4 is 21.6 Å². The Morgan fingerprint density at radius 1 is 1.33 bits per heavy atom. The van der Waals surface area contributed by atoms with Crippen LogP contribution in [0.4, 0.5) is 0 Å². The van der Waals surface area contributed by atoms with E-state index < -0.39 is 9.84 Å². The van der Waals surface area contributed by atoms with E-state index in [1.165, 1.54) is 31.9 Å². The van der Waals surface area contributed by atoms with Gasteiger partial charge in [-0.15, -0.1) is 0 Å². The summed E-state index contributed by atoms with van der Waals surface area (Å²) in [5.41, 5.74) is 0. The van der Waals surface area contributed by atoms with Gasteiger partial charge in [-0.2, -0.15) is 11.8 Å². The fourth-order valence-electron chi connectivity index (χ4n) is 1.71. The predicted molar refractivity (Wildman–Crippen MR) is 67.3 cm³/mol. The maximum Gasteiger partial charge on any atom is 0.148 e. The van der Waals surface area contributed by atoms with Crippen LogP contribution in [0.15, 0.2) is 0 Å². The SMILES string of the molecule is CS(=O)(=O)CCSCCC1CCCCN1. The van der Waals surface area contributed by atoms with E-state index in [1.807, 2.05) is 0 Å². The van der Waals surface area contributed by atoms with Crippen molar-refractivity contribution in [2.75, 3.05) is 30.1 Å². The zero-order valence-corrected chi connectivity index (χ0v) is 11.0. The summed E-state index contributed by atoms with van der Waals surface area (Å²) in [6.45, 7) is 1.15. The van der Waals surface area contributed by atoms with Gasteiger partial charge in [-0.05, 0) is 31.6 Å². The molecule has 0 aromatic carbocycles. The quantitative estimate of drug-likeness (QED) is 0.723. The van der Waals surface area contributed by atoms with Crippen molar-refractivity contribution in [1.82, 2.24) is 5.32 Å². The van der Waals surface area contributed by atoms with Crippen LogP contribution in [0.5, 0.6) is 0 Å². The van der Waals surface area contributed by atoms with Gasteiger partial charge < -0.3 is 5.32 Å². The van der Waals surface area contributed by atoms with Crippen molar-refractivity contribution in [2.24, 2.45) is 0 Å². The van der Waals surface area contributed by atoms with Gasteiger partial charge in [-0.1, -0.05) is 6.42 Å². The number of thioether (sulfide) groups is 1. The Balaban J connectivity index is 1.96. The molecule has 0 aromatic rings. The molecule has 1 saturated heterocycles. The zero-order valence-electron chi connectivity index (χ0n) is 9.37. The number of piperidine rings is 1. The summed E-state index contributed by atoms with van der Waals surface area (Å²) < 4.78 is 21.7. The lowest BCUT2D eigenvalue weighted by Gasteiger charge is -2.23. The Morgan fingerprint density at radius 2 is 2.13 bits per heavy atom. The summed E-state index contributed by atoms with van der Waals surface area (Å²) in [5, 5.41) is 3.49. The van der Waals surface area contributed by atoms with Gasteiger partial charge >= 0.3 is 0 Å². The van der Waals surface area contributed by atoms with E-state index in [0.717, 1.165) is 18.1 Å². The van der Waals surface area contributed by atoms with Crippen molar-refractivity contribution in [2.45, 2.75) is 31.7 Å². The van der Waals surface area contributed by atoms with E-state index in [4.69, 9.17) is 0 Å². The van der Waals surface area contributed by atoms with Gasteiger partial charge in [0.25, 0.3) is 0 Å². The molecule has 0 aromatic heterocycles. The molecule has 0 spiro atoms. The molecule has 0 aliphatic carbocycles. The smallest absolute Gasteiger partial charge is 0.148 e. The first kappa shape index (κ1) is 13.3. The minimum Gasteiger partial charge on any atom is -0.314 e. The molecular formula is C10H21NO2S2. The first-order valence-electron chi connectivity index (χ1n) is 5.57. The summed E-state index contributed by atoms with van der Waals surface area (Å²) >= 11 is 1.75. The summed E-state index contributed by atoms with van der Waals surface area (Å²) in [6, 6.07) is 0.671. The predicted octanol–water partition coefficient (Wildman–Crippen LogP) is 1.30. The van der Waals surface area contributed by atoms with Gasteiger partial charge in [0.1, 0.15) is 9.84 Å². The minimum absolute atomic E-state index is 0.315. The molecule has 3 nitrogen and oxygen atoms in total. The van der Waals surface area contributed by atoms with Gasteiger partial charge in [-0.3, -0.25) is 0 Å².